The minimum atomic E-state index is -0.239. The number of hydrogen-bond donors (Lipinski definition) is 0. The van der Waals surface area contributed by atoms with Crippen LogP contribution in [0.4, 0.5) is 0 Å². The molecule has 0 unspecified atom stereocenters. The van der Waals surface area contributed by atoms with Gasteiger partial charge in [0, 0.05) is 18.5 Å². The van der Waals surface area contributed by atoms with Gasteiger partial charge in [-0.25, -0.2) is 4.98 Å². The van der Waals surface area contributed by atoms with Crippen molar-refractivity contribution >= 4 is 5.91 Å². The van der Waals surface area contributed by atoms with Gasteiger partial charge < -0.3 is 14.4 Å². The first-order valence-electron chi connectivity index (χ1n) is 10.6. The van der Waals surface area contributed by atoms with Crippen LogP contribution in [-0.4, -0.2) is 47.6 Å². The second kappa shape index (κ2) is 9.35. The summed E-state index contributed by atoms with van der Waals surface area (Å²) in [6, 6.07) is 7.76. The van der Waals surface area contributed by atoms with Gasteiger partial charge in [-0.1, -0.05) is 37.8 Å². The molecular formula is C23H29N3O3. The highest BCUT2D eigenvalue weighted by Gasteiger charge is 2.27. The predicted molar refractivity (Wildman–Crippen MR) is 110 cm³/mol. The number of benzene rings is 1. The van der Waals surface area contributed by atoms with Gasteiger partial charge in [-0.15, -0.1) is 0 Å². The lowest BCUT2D eigenvalue weighted by atomic mass is 10.0. The molecular weight excluding hydrogens is 366 g/mol. The molecule has 6 heteroatoms. The van der Waals surface area contributed by atoms with E-state index in [-0.39, 0.29) is 12.0 Å². The average molecular weight is 396 g/mol. The summed E-state index contributed by atoms with van der Waals surface area (Å²) >= 11 is 0. The number of amides is 1. The number of hydrogen-bond acceptors (Lipinski definition) is 5. The number of aromatic nitrogens is 2. The number of rotatable bonds is 6. The molecule has 2 heterocycles. The summed E-state index contributed by atoms with van der Waals surface area (Å²) in [5, 5.41) is 0. The molecule has 154 valence electrons. The second-order valence-corrected chi connectivity index (χ2v) is 7.95. The fourth-order valence-electron chi connectivity index (χ4n) is 4.30. The van der Waals surface area contributed by atoms with Crippen LogP contribution in [0.25, 0.3) is 11.3 Å². The van der Waals surface area contributed by atoms with Crippen LogP contribution in [0.3, 0.4) is 0 Å². The topological polar surface area (TPSA) is 64.5 Å². The van der Waals surface area contributed by atoms with Crippen LogP contribution < -0.4 is 4.74 Å². The Morgan fingerprint density at radius 2 is 2.14 bits per heavy atom. The molecule has 6 nitrogen and oxygen atoms in total. The van der Waals surface area contributed by atoms with E-state index >= 15 is 0 Å². The van der Waals surface area contributed by atoms with Crippen molar-refractivity contribution in [2.24, 2.45) is 5.92 Å². The third-order valence-corrected chi connectivity index (χ3v) is 6.01. The van der Waals surface area contributed by atoms with Crippen LogP contribution in [0.15, 0.2) is 36.7 Å². The lowest BCUT2D eigenvalue weighted by Crippen LogP contribution is -2.42. The fraction of sp³-hybridized carbons (Fsp3) is 0.522. The van der Waals surface area contributed by atoms with Gasteiger partial charge in [0.25, 0.3) is 0 Å². The van der Waals surface area contributed by atoms with Crippen LogP contribution in [0.1, 0.15) is 50.3 Å². The lowest BCUT2D eigenvalue weighted by Gasteiger charge is -2.33. The monoisotopic (exact) mass is 395 g/mol. The molecule has 1 aliphatic carbocycles. The third kappa shape index (κ3) is 4.93. The summed E-state index contributed by atoms with van der Waals surface area (Å²) in [7, 11) is 1.65. The molecule has 0 N–H and O–H groups in total. The zero-order chi connectivity index (χ0) is 20.1. The second-order valence-electron chi connectivity index (χ2n) is 7.95. The smallest absolute Gasteiger partial charge is 0.222 e. The molecule has 2 fully saturated rings. The van der Waals surface area contributed by atoms with Gasteiger partial charge in [0.1, 0.15) is 11.9 Å². The van der Waals surface area contributed by atoms with E-state index < -0.39 is 0 Å². The van der Waals surface area contributed by atoms with E-state index in [1.807, 2.05) is 29.2 Å². The summed E-state index contributed by atoms with van der Waals surface area (Å²) in [6.45, 7) is 1.73. The number of carbonyl (C=O) groups excluding carboxylic acids is 1. The number of nitrogens with zero attached hydrogens (tertiary/aromatic N) is 3. The lowest BCUT2D eigenvalue weighted by molar-refractivity contribution is -0.139. The van der Waals surface area contributed by atoms with Crippen LogP contribution in [0.2, 0.25) is 0 Å². The molecule has 1 saturated carbocycles. The van der Waals surface area contributed by atoms with Crippen molar-refractivity contribution in [3.63, 3.8) is 0 Å². The molecule has 0 spiro atoms. The van der Waals surface area contributed by atoms with Gasteiger partial charge in [0.15, 0.2) is 0 Å². The summed E-state index contributed by atoms with van der Waals surface area (Å²) in [6.07, 6.45) is 10.1. The van der Waals surface area contributed by atoms with Gasteiger partial charge in [0.2, 0.25) is 5.91 Å². The number of ether oxygens (including phenoxy) is 2. The molecule has 29 heavy (non-hydrogen) atoms. The minimum Gasteiger partial charge on any atom is -0.497 e. The van der Waals surface area contributed by atoms with Gasteiger partial charge >= 0.3 is 0 Å². The van der Waals surface area contributed by atoms with E-state index in [2.05, 4.69) is 4.98 Å². The van der Waals surface area contributed by atoms with E-state index in [0.29, 0.717) is 26.1 Å². The maximum Gasteiger partial charge on any atom is 0.222 e. The summed E-state index contributed by atoms with van der Waals surface area (Å²) in [4.78, 5) is 23.8. The normalized spacial score (nSPS) is 20.0. The molecule has 1 aromatic carbocycles. The summed E-state index contributed by atoms with van der Waals surface area (Å²) in [5.74, 6) is 1.76. The van der Waals surface area contributed by atoms with Crippen molar-refractivity contribution in [3.05, 3.63) is 42.4 Å². The van der Waals surface area contributed by atoms with Crippen molar-refractivity contribution in [1.82, 2.24) is 14.9 Å². The molecule has 1 saturated heterocycles. The first kappa shape index (κ1) is 19.8. The Bertz CT molecular complexity index is 836. The van der Waals surface area contributed by atoms with Gasteiger partial charge in [-0.05, 0) is 24.5 Å². The molecule has 1 aromatic heterocycles. The maximum atomic E-state index is 12.7. The SMILES string of the molecule is COc1cccc(-c2cncc([C@@H]3CN(C(=O)CCC4CCCC4)CCO3)n2)c1. The largest absolute Gasteiger partial charge is 0.497 e. The zero-order valence-corrected chi connectivity index (χ0v) is 17.0. The average Bonchev–Trinajstić information content (AvgIpc) is 3.31. The first-order chi connectivity index (χ1) is 14.2. The van der Waals surface area contributed by atoms with Crippen LogP contribution in [0, 0.1) is 5.92 Å². The van der Waals surface area contributed by atoms with Crippen molar-refractivity contribution in [3.8, 4) is 17.0 Å². The highest BCUT2D eigenvalue weighted by molar-refractivity contribution is 5.76. The van der Waals surface area contributed by atoms with Crippen LogP contribution in [0.5, 0.6) is 5.75 Å². The molecule has 0 radical (unpaired) electrons. The number of carbonyl (C=O) groups is 1. The molecule has 0 bridgehead atoms. The summed E-state index contributed by atoms with van der Waals surface area (Å²) < 4.78 is 11.2. The Morgan fingerprint density at radius 1 is 1.28 bits per heavy atom. The third-order valence-electron chi connectivity index (χ3n) is 6.01. The maximum absolute atomic E-state index is 12.7. The quantitative estimate of drug-likeness (QED) is 0.739. The van der Waals surface area contributed by atoms with E-state index in [1.165, 1.54) is 25.7 Å². The summed E-state index contributed by atoms with van der Waals surface area (Å²) in [5.41, 5.74) is 2.48. The Morgan fingerprint density at radius 3 is 2.97 bits per heavy atom. The number of methoxy groups -OCH3 is 1. The van der Waals surface area contributed by atoms with E-state index in [4.69, 9.17) is 14.5 Å². The van der Waals surface area contributed by atoms with E-state index in [0.717, 1.165) is 35.0 Å². The van der Waals surface area contributed by atoms with Crippen molar-refractivity contribution in [2.75, 3.05) is 26.8 Å². The molecule has 1 atom stereocenters. The Kier molecular flexibility index (Phi) is 6.39. The van der Waals surface area contributed by atoms with Crippen molar-refractivity contribution < 1.29 is 14.3 Å². The minimum absolute atomic E-state index is 0.238. The van der Waals surface area contributed by atoms with Crippen LogP contribution in [-0.2, 0) is 9.53 Å². The van der Waals surface area contributed by atoms with Crippen molar-refractivity contribution in [2.45, 2.75) is 44.6 Å². The zero-order valence-electron chi connectivity index (χ0n) is 17.0. The van der Waals surface area contributed by atoms with E-state index in [1.54, 1.807) is 19.5 Å². The Hall–Kier alpha value is -2.47. The Labute approximate surface area is 172 Å². The predicted octanol–water partition coefficient (Wildman–Crippen LogP) is 4.02. The van der Waals surface area contributed by atoms with E-state index in [9.17, 15) is 4.79 Å². The molecule has 1 aliphatic heterocycles. The van der Waals surface area contributed by atoms with Gasteiger partial charge in [-0.2, -0.15) is 0 Å². The van der Waals surface area contributed by atoms with Crippen LogP contribution >= 0.6 is 0 Å². The molecule has 2 aliphatic rings. The molecule has 4 rings (SSSR count). The van der Waals surface area contributed by atoms with Crippen molar-refractivity contribution in [1.29, 1.82) is 0 Å². The standard InChI is InChI=1S/C23H29N3O3/c1-28-19-8-4-7-18(13-19)20-14-24-15-21(25-20)22-16-26(11-12-29-22)23(27)10-9-17-5-2-3-6-17/h4,7-8,13-15,17,22H,2-3,5-6,9-12,16H2,1H3/t22-/m0/s1. The van der Waals surface area contributed by atoms with Gasteiger partial charge in [-0.3, -0.25) is 9.78 Å². The van der Waals surface area contributed by atoms with Gasteiger partial charge in [0.05, 0.1) is 44.0 Å². The fourth-order valence-corrected chi connectivity index (χ4v) is 4.30. The highest BCUT2D eigenvalue weighted by Crippen LogP contribution is 2.29. The number of morpholine rings is 1. The Balaban J connectivity index is 1.42. The highest BCUT2D eigenvalue weighted by atomic mass is 16.5. The first-order valence-corrected chi connectivity index (χ1v) is 10.6. The molecule has 1 amide bonds. The molecule has 2 aromatic rings.